The van der Waals surface area contributed by atoms with Crippen LogP contribution in [0.5, 0.6) is 11.5 Å². The fourth-order valence-electron chi connectivity index (χ4n) is 3.89. The van der Waals surface area contributed by atoms with Gasteiger partial charge in [0.25, 0.3) is 0 Å². The van der Waals surface area contributed by atoms with E-state index >= 15 is 0 Å². The maximum atomic E-state index is 12.6. The molecule has 0 aliphatic rings. The first kappa shape index (κ1) is 29.0. The maximum Gasteiger partial charge on any atom is 0.343 e. The highest BCUT2D eigenvalue weighted by atomic mass is 16.5. The zero-order valence-corrected chi connectivity index (χ0v) is 23.1. The summed E-state index contributed by atoms with van der Waals surface area (Å²) >= 11 is 0. The van der Waals surface area contributed by atoms with E-state index in [1.165, 1.54) is 19.3 Å². The molecule has 38 heavy (non-hydrogen) atoms. The molecular formula is C33H40O5. The van der Waals surface area contributed by atoms with Gasteiger partial charge in [-0.05, 0) is 85.3 Å². The second-order valence-electron chi connectivity index (χ2n) is 9.91. The Morgan fingerprint density at radius 1 is 0.684 bits per heavy atom. The summed E-state index contributed by atoms with van der Waals surface area (Å²) in [6.07, 6.45) is 6.51. The molecule has 0 saturated heterocycles. The van der Waals surface area contributed by atoms with Crippen LogP contribution in [0.3, 0.4) is 0 Å². The van der Waals surface area contributed by atoms with Crippen LogP contribution in [0.2, 0.25) is 0 Å². The van der Waals surface area contributed by atoms with E-state index in [0.717, 1.165) is 36.1 Å². The summed E-state index contributed by atoms with van der Waals surface area (Å²) in [6.45, 7) is 9.05. The van der Waals surface area contributed by atoms with Gasteiger partial charge in [-0.2, -0.15) is 0 Å². The normalized spacial score (nSPS) is 12.4. The van der Waals surface area contributed by atoms with Crippen LogP contribution in [0.15, 0.2) is 72.8 Å². The van der Waals surface area contributed by atoms with Gasteiger partial charge in [-0.3, -0.25) is 0 Å². The topological polar surface area (TPSA) is 61.8 Å². The Kier molecular flexibility index (Phi) is 11.4. The second kappa shape index (κ2) is 15.0. The summed E-state index contributed by atoms with van der Waals surface area (Å²) in [7, 11) is 0. The van der Waals surface area contributed by atoms with Crippen LogP contribution < -0.4 is 9.47 Å². The zero-order chi connectivity index (χ0) is 27.3. The summed E-state index contributed by atoms with van der Waals surface area (Å²) in [6, 6.07) is 21.7. The number of hydrogen-bond acceptors (Lipinski definition) is 5. The fraction of sp³-hybridized carbons (Fsp3) is 0.394. The predicted octanol–water partition coefficient (Wildman–Crippen LogP) is 8.51. The maximum absolute atomic E-state index is 12.6. The predicted molar refractivity (Wildman–Crippen MR) is 152 cm³/mol. The molecule has 0 bridgehead atoms. The average molecular weight is 517 g/mol. The molecule has 3 aromatic carbocycles. The Morgan fingerprint density at radius 2 is 1.24 bits per heavy atom. The molecule has 0 spiro atoms. The Hall–Kier alpha value is -3.60. The number of esters is 2. The van der Waals surface area contributed by atoms with Crippen LogP contribution in [0.1, 0.15) is 86.9 Å². The van der Waals surface area contributed by atoms with E-state index < -0.39 is 5.97 Å². The van der Waals surface area contributed by atoms with Gasteiger partial charge in [0.05, 0.1) is 23.8 Å². The summed E-state index contributed by atoms with van der Waals surface area (Å²) < 4.78 is 16.9. The summed E-state index contributed by atoms with van der Waals surface area (Å²) in [4.78, 5) is 25.0. The first-order chi connectivity index (χ1) is 18.4. The molecule has 0 aromatic heterocycles. The van der Waals surface area contributed by atoms with Crippen LogP contribution in [-0.4, -0.2) is 24.6 Å². The molecule has 0 N–H and O–H groups in total. The Bertz CT molecular complexity index is 1130. The third-order valence-electron chi connectivity index (χ3n) is 6.61. The fourth-order valence-corrected chi connectivity index (χ4v) is 3.89. The van der Waals surface area contributed by atoms with E-state index in [2.05, 4.69) is 20.8 Å². The highest BCUT2D eigenvalue weighted by Gasteiger charge is 2.13. The highest BCUT2D eigenvalue weighted by Crippen LogP contribution is 2.24. The lowest BCUT2D eigenvalue weighted by molar-refractivity contribution is 0.0319. The smallest absolute Gasteiger partial charge is 0.343 e. The number of hydrogen-bond donors (Lipinski definition) is 0. The first-order valence-electron chi connectivity index (χ1n) is 13.8. The Balaban J connectivity index is 1.51. The summed E-state index contributed by atoms with van der Waals surface area (Å²) in [5.74, 6) is 0.966. The molecule has 5 nitrogen and oxygen atoms in total. The van der Waals surface area contributed by atoms with E-state index in [4.69, 9.17) is 14.2 Å². The Labute approximate surface area is 227 Å². The van der Waals surface area contributed by atoms with Gasteiger partial charge in [0.15, 0.2) is 0 Å². The van der Waals surface area contributed by atoms with Crippen LogP contribution >= 0.6 is 0 Å². The van der Waals surface area contributed by atoms with Crippen molar-refractivity contribution in [2.24, 2.45) is 5.92 Å². The minimum Gasteiger partial charge on any atom is -0.493 e. The van der Waals surface area contributed by atoms with Crippen LogP contribution in [0.25, 0.3) is 11.1 Å². The largest absolute Gasteiger partial charge is 0.493 e. The standard InChI is InChI=1S/C33H40O5/c1-5-7-8-9-10-25(4)37-32(34)28-13-11-26(12-14-28)27-15-21-31(22-16-27)38-33(35)29-17-19-30(20-18-29)36-23-24(3)6-2/h11-22,24-25H,5-10,23H2,1-4H3/t24-,25+/m0/s1. The van der Waals surface area contributed by atoms with E-state index in [1.54, 1.807) is 48.5 Å². The summed E-state index contributed by atoms with van der Waals surface area (Å²) in [5, 5.41) is 0. The molecule has 2 atom stereocenters. The van der Waals surface area contributed by atoms with Crippen LogP contribution in [0, 0.1) is 5.92 Å². The van der Waals surface area contributed by atoms with Crippen LogP contribution in [-0.2, 0) is 4.74 Å². The lowest BCUT2D eigenvalue weighted by Gasteiger charge is -2.13. The minimum atomic E-state index is -0.423. The van der Waals surface area contributed by atoms with Gasteiger partial charge >= 0.3 is 11.9 Å². The molecule has 0 saturated carbocycles. The number of ether oxygens (including phenoxy) is 3. The number of benzene rings is 3. The van der Waals surface area contributed by atoms with Crippen molar-refractivity contribution in [2.75, 3.05) is 6.61 Å². The molecule has 3 aromatic rings. The molecule has 0 aliphatic heterocycles. The molecule has 0 fully saturated rings. The lowest BCUT2D eigenvalue weighted by atomic mass is 10.0. The third kappa shape index (κ3) is 9.05. The van der Waals surface area contributed by atoms with Crippen molar-refractivity contribution < 1.29 is 23.8 Å². The van der Waals surface area contributed by atoms with E-state index in [9.17, 15) is 9.59 Å². The average Bonchev–Trinajstić information content (AvgIpc) is 2.94. The summed E-state index contributed by atoms with van der Waals surface area (Å²) in [5.41, 5.74) is 2.91. The lowest BCUT2D eigenvalue weighted by Crippen LogP contribution is -2.15. The molecule has 0 radical (unpaired) electrons. The second-order valence-corrected chi connectivity index (χ2v) is 9.91. The van der Waals surface area contributed by atoms with Gasteiger partial charge in [0.1, 0.15) is 11.5 Å². The van der Waals surface area contributed by atoms with Gasteiger partial charge in [-0.1, -0.05) is 70.7 Å². The third-order valence-corrected chi connectivity index (χ3v) is 6.61. The molecule has 0 amide bonds. The SMILES string of the molecule is CCCCCC[C@@H](C)OC(=O)c1ccc(-c2ccc(OC(=O)c3ccc(OC[C@@H](C)CC)cc3)cc2)cc1. The van der Waals surface area contributed by atoms with Gasteiger partial charge in [-0.15, -0.1) is 0 Å². The van der Waals surface area contributed by atoms with Crippen molar-refractivity contribution in [3.05, 3.63) is 83.9 Å². The molecule has 5 heteroatoms. The van der Waals surface area contributed by atoms with Gasteiger partial charge in [0.2, 0.25) is 0 Å². The van der Waals surface area contributed by atoms with E-state index in [1.807, 2.05) is 31.2 Å². The number of carbonyl (C=O) groups is 2. The molecular weight excluding hydrogens is 476 g/mol. The molecule has 0 heterocycles. The van der Waals surface area contributed by atoms with Crippen LogP contribution in [0.4, 0.5) is 0 Å². The zero-order valence-electron chi connectivity index (χ0n) is 23.1. The minimum absolute atomic E-state index is 0.0878. The first-order valence-corrected chi connectivity index (χ1v) is 13.8. The van der Waals surface area contributed by atoms with Gasteiger partial charge < -0.3 is 14.2 Å². The number of rotatable bonds is 14. The monoisotopic (exact) mass is 516 g/mol. The molecule has 0 unspecified atom stereocenters. The van der Waals surface area contributed by atoms with Gasteiger partial charge in [-0.25, -0.2) is 9.59 Å². The van der Waals surface area contributed by atoms with Crippen molar-refractivity contribution in [3.8, 4) is 22.6 Å². The van der Waals surface area contributed by atoms with Crippen molar-refractivity contribution in [2.45, 2.75) is 72.3 Å². The number of carbonyl (C=O) groups excluding carboxylic acids is 2. The van der Waals surface area contributed by atoms with Gasteiger partial charge in [0, 0.05) is 0 Å². The molecule has 0 aliphatic carbocycles. The van der Waals surface area contributed by atoms with E-state index in [-0.39, 0.29) is 12.1 Å². The quantitative estimate of drug-likeness (QED) is 0.122. The van der Waals surface area contributed by atoms with Crippen molar-refractivity contribution in [1.29, 1.82) is 0 Å². The Morgan fingerprint density at radius 3 is 1.84 bits per heavy atom. The van der Waals surface area contributed by atoms with E-state index in [0.29, 0.717) is 29.4 Å². The van der Waals surface area contributed by atoms with Crippen molar-refractivity contribution >= 4 is 11.9 Å². The molecule has 3 rings (SSSR count). The van der Waals surface area contributed by atoms with Crippen molar-refractivity contribution in [1.82, 2.24) is 0 Å². The van der Waals surface area contributed by atoms with Crippen molar-refractivity contribution in [3.63, 3.8) is 0 Å². The molecule has 202 valence electrons. The number of unbranched alkanes of at least 4 members (excludes halogenated alkanes) is 3. The highest BCUT2D eigenvalue weighted by molar-refractivity contribution is 5.91.